The molecular formula is C36H42O6. The fourth-order valence-electron chi connectivity index (χ4n) is 8.39. The molecule has 0 spiro atoms. The van der Waals surface area contributed by atoms with Gasteiger partial charge in [-0.2, -0.15) is 0 Å². The highest BCUT2D eigenvalue weighted by atomic mass is 16.6. The number of hydrogen-bond acceptors (Lipinski definition) is 6. The van der Waals surface area contributed by atoms with Gasteiger partial charge in [0.2, 0.25) is 0 Å². The summed E-state index contributed by atoms with van der Waals surface area (Å²) < 4.78 is 25.2. The second-order valence-electron chi connectivity index (χ2n) is 13.6. The van der Waals surface area contributed by atoms with Crippen LogP contribution in [-0.4, -0.2) is 35.3 Å². The number of hydrogen-bond donors (Lipinski definition) is 0. The summed E-state index contributed by atoms with van der Waals surface area (Å²) in [6.07, 6.45) is 10.4. The highest BCUT2D eigenvalue weighted by Crippen LogP contribution is 2.51. The van der Waals surface area contributed by atoms with Gasteiger partial charge in [0, 0.05) is 21.5 Å². The molecule has 4 aliphatic rings. The minimum absolute atomic E-state index is 0.176. The average molecular weight is 571 g/mol. The number of benzene rings is 3. The lowest BCUT2D eigenvalue weighted by atomic mass is 9.97. The molecule has 3 aromatic rings. The fourth-order valence-corrected chi connectivity index (χ4v) is 8.39. The zero-order valence-corrected chi connectivity index (χ0v) is 24.9. The second kappa shape index (κ2) is 10.8. The normalized spacial score (nSPS) is 29.1. The van der Waals surface area contributed by atoms with Crippen molar-refractivity contribution in [3.05, 3.63) is 48.5 Å². The molecule has 4 aliphatic carbocycles. The van der Waals surface area contributed by atoms with E-state index in [-0.39, 0.29) is 48.2 Å². The molecule has 0 aromatic heterocycles. The van der Waals surface area contributed by atoms with Crippen LogP contribution in [-0.2, 0) is 19.1 Å². The van der Waals surface area contributed by atoms with E-state index in [1.54, 1.807) is 0 Å². The van der Waals surface area contributed by atoms with Gasteiger partial charge in [0.1, 0.15) is 34.9 Å². The van der Waals surface area contributed by atoms with Crippen molar-refractivity contribution in [1.29, 1.82) is 0 Å². The van der Waals surface area contributed by atoms with E-state index in [0.717, 1.165) is 83.4 Å². The first-order valence-electron chi connectivity index (χ1n) is 16.0. The third-order valence-corrected chi connectivity index (χ3v) is 10.4. The van der Waals surface area contributed by atoms with Crippen LogP contribution in [0.1, 0.15) is 90.9 Å². The Kier molecular flexibility index (Phi) is 7.06. The summed E-state index contributed by atoms with van der Waals surface area (Å²) in [7, 11) is 0. The monoisotopic (exact) mass is 570 g/mol. The SMILES string of the molecule is CC(CC(=O)OC12CCC(CC1)C2)Oc1c2ccccc2c(OC(C)CC(=O)OC23CCC(CC2)C3)c2ccccc12. The molecule has 7 rings (SSSR count). The molecule has 0 heterocycles. The van der Waals surface area contributed by atoms with Crippen molar-refractivity contribution in [2.75, 3.05) is 0 Å². The average Bonchev–Trinajstić information content (AvgIpc) is 3.76. The Bertz CT molecular complexity index is 1320. The van der Waals surface area contributed by atoms with E-state index in [9.17, 15) is 9.59 Å². The summed E-state index contributed by atoms with van der Waals surface area (Å²) in [5.74, 6) is 2.56. The van der Waals surface area contributed by atoms with Crippen LogP contribution in [0.5, 0.6) is 11.5 Å². The summed E-state index contributed by atoms with van der Waals surface area (Å²) in [5, 5.41) is 3.65. The van der Waals surface area contributed by atoms with Crippen LogP contribution >= 0.6 is 0 Å². The first-order valence-corrected chi connectivity index (χ1v) is 16.0. The standard InChI is InChI=1S/C36H42O6/c1-23(19-31(37)41-35-15-11-25(21-35)12-16-35)39-33-27-7-3-5-9-29(27)34(30-10-6-4-8-28(30)33)40-24(2)20-32(38)42-36-17-13-26(22-36)14-18-36/h3-10,23-26H,11-22H2,1-2H3. The van der Waals surface area contributed by atoms with Crippen molar-refractivity contribution in [3.8, 4) is 11.5 Å². The van der Waals surface area contributed by atoms with Crippen LogP contribution in [0.4, 0.5) is 0 Å². The largest absolute Gasteiger partial charge is 0.489 e. The van der Waals surface area contributed by atoms with E-state index in [2.05, 4.69) is 0 Å². The third-order valence-electron chi connectivity index (χ3n) is 10.4. The van der Waals surface area contributed by atoms with Gasteiger partial charge in [-0.3, -0.25) is 9.59 Å². The predicted octanol–water partition coefficient (Wildman–Crippen LogP) is 8.06. The number of esters is 2. The van der Waals surface area contributed by atoms with Gasteiger partial charge in [0.15, 0.2) is 0 Å². The maximum absolute atomic E-state index is 13.0. The maximum atomic E-state index is 13.0. The molecular weight excluding hydrogens is 528 g/mol. The molecule has 0 radical (unpaired) electrons. The lowest BCUT2D eigenvalue weighted by Gasteiger charge is -2.28. The molecule has 6 nitrogen and oxygen atoms in total. The van der Waals surface area contributed by atoms with Gasteiger partial charge in [-0.05, 0) is 89.9 Å². The van der Waals surface area contributed by atoms with Crippen LogP contribution in [0.2, 0.25) is 0 Å². The number of fused-ring (bicyclic) bond motifs is 6. The van der Waals surface area contributed by atoms with Crippen LogP contribution in [0.3, 0.4) is 0 Å². The summed E-state index contributed by atoms with van der Waals surface area (Å²) in [6.45, 7) is 3.87. The van der Waals surface area contributed by atoms with Crippen LogP contribution in [0, 0.1) is 11.8 Å². The Hall–Kier alpha value is -3.28. The van der Waals surface area contributed by atoms with Crippen molar-refractivity contribution < 1.29 is 28.5 Å². The predicted molar refractivity (Wildman–Crippen MR) is 162 cm³/mol. The lowest BCUT2D eigenvalue weighted by molar-refractivity contribution is -0.161. The Morgan fingerprint density at radius 1 is 0.643 bits per heavy atom. The summed E-state index contributed by atoms with van der Waals surface area (Å²) in [4.78, 5) is 25.9. The molecule has 0 saturated heterocycles. The third kappa shape index (κ3) is 5.22. The molecule has 0 aliphatic heterocycles. The molecule has 2 unspecified atom stereocenters. The smallest absolute Gasteiger partial charge is 0.310 e. The maximum Gasteiger partial charge on any atom is 0.310 e. The minimum Gasteiger partial charge on any atom is -0.489 e. The number of carbonyl (C=O) groups excluding carboxylic acids is 2. The van der Waals surface area contributed by atoms with Crippen molar-refractivity contribution >= 4 is 33.5 Å². The van der Waals surface area contributed by atoms with Crippen molar-refractivity contribution in [2.24, 2.45) is 11.8 Å². The fraction of sp³-hybridized carbons (Fsp3) is 0.556. The van der Waals surface area contributed by atoms with Gasteiger partial charge in [-0.15, -0.1) is 0 Å². The van der Waals surface area contributed by atoms with Gasteiger partial charge in [-0.25, -0.2) is 0 Å². The quantitative estimate of drug-likeness (QED) is 0.181. The first-order chi connectivity index (χ1) is 20.3. The zero-order chi connectivity index (χ0) is 28.9. The Balaban J connectivity index is 1.10. The van der Waals surface area contributed by atoms with Gasteiger partial charge in [-0.1, -0.05) is 48.5 Å². The number of rotatable bonds is 10. The minimum atomic E-state index is -0.357. The molecule has 4 saturated carbocycles. The van der Waals surface area contributed by atoms with E-state index >= 15 is 0 Å². The second-order valence-corrected chi connectivity index (χ2v) is 13.6. The molecule has 2 atom stereocenters. The number of carbonyl (C=O) groups is 2. The van der Waals surface area contributed by atoms with E-state index < -0.39 is 0 Å². The Morgan fingerprint density at radius 3 is 1.26 bits per heavy atom. The van der Waals surface area contributed by atoms with E-state index in [1.807, 2.05) is 62.4 Å². The number of ether oxygens (including phenoxy) is 4. The summed E-state index contributed by atoms with van der Waals surface area (Å²) in [6, 6.07) is 16.1. The van der Waals surface area contributed by atoms with Crippen LogP contribution < -0.4 is 9.47 Å². The summed E-state index contributed by atoms with van der Waals surface area (Å²) in [5.41, 5.74) is -0.474. The van der Waals surface area contributed by atoms with Crippen molar-refractivity contribution in [2.45, 2.75) is 114 Å². The molecule has 0 N–H and O–H groups in total. The molecule has 3 aromatic carbocycles. The molecule has 4 bridgehead atoms. The Morgan fingerprint density at radius 2 is 0.976 bits per heavy atom. The zero-order valence-electron chi connectivity index (χ0n) is 24.9. The van der Waals surface area contributed by atoms with E-state index in [0.29, 0.717) is 0 Å². The van der Waals surface area contributed by atoms with E-state index in [1.165, 1.54) is 25.7 Å². The Labute approximate surface area is 248 Å². The molecule has 6 heteroatoms. The van der Waals surface area contributed by atoms with Gasteiger partial charge < -0.3 is 18.9 Å². The topological polar surface area (TPSA) is 71.1 Å². The van der Waals surface area contributed by atoms with Gasteiger partial charge in [0.25, 0.3) is 0 Å². The molecule has 0 amide bonds. The molecule has 4 fully saturated rings. The van der Waals surface area contributed by atoms with Crippen LogP contribution in [0.15, 0.2) is 48.5 Å². The lowest BCUT2D eigenvalue weighted by Crippen LogP contribution is -2.32. The van der Waals surface area contributed by atoms with Crippen LogP contribution in [0.25, 0.3) is 21.5 Å². The summed E-state index contributed by atoms with van der Waals surface area (Å²) >= 11 is 0. The highest BCUT2D eigenvalue weighted by molar-refractivity contribution is 6.11. The van der Waals surface area contributed by atoms with Crippen molar-refractivity contribution in [1.82, 2.24) is 0 Å². The van der Waals surface area contributed by atoms with Gasteiger partial charge in [0.05, 0.1) is 12.8 Å². The highest BCUT2D eigenvalue weighted by Gasteiger charge is 2.48. The van der Waals surface area contributed by atoms with Gasteiger partial charge >= 0.3 is 11.9 Å². The molecule has 42 heavy (non-hydrogen) atoms. The first kappa shape index (κ1) is 27.5. The van der Waals surface area contributed by atoms with Crippen molar-refractivity contribution in [3.63, 3.8) is 0 Å². The van der Waals surface area contributed by atoms with E-state index in [4.69, 9.17) is 18.9 Å². The molecule has 222 valence electrons.